The molecule has 0 atom stereocenters. The Morgan fingerprint density at radius 1 is 1.31 bits per heavy atom. The van der Waals surface area contributed by atoms with E-state index in [1.54, 1.807) is 0 Å². The lowest BCUT2D eigenvalue weighted by Crippen LogP contribution is -2.04. The summed E-state index contributed by atoms with van der Waals surface area (Å²) in [6, 6.07) is 8.07. The van der Waals surface area contributed by atoms with Crippen molar-refractivity contribution in [3.8, 4) is 0 Å². The maximum absolute atomic E-state index is 5.84. The number of hydrogen-bond donors (Lipinski definition) is 1. The molecule has 0 aliphatic heterocycles. The Hall–Kier alpha value is -1.29. The molecule has 16 heavy (non-hydrogen) atoms. The third-order valence-corrected chi connectivity index (χ3v) is 3.22. The number of halogens is 1. The van der Waals surface area contributed by atoms with Crippen LogP contribution < -0.4 is 5.73 Å². The number of rotatable bonds is 2. The van der Waals surface area contributed by atoms with Crippen LogP contribution in [-0.2, 0) is 6.54 Å². The molecule has 0 bridgehead atoms. The summed E-state index contributed by atoms with van der Waals surface area (Å²) in [6.07, 6.45) is 0. The Balaban J connectivity index is 2.27. The SMILES string of the molecule is Cc1cc(C)n(Cc2ccc(Br)c(N)c2)n1. The average molecular weight is 280 g/mol. The van der Waals surface area contributed by atoms with E-state index in [0.717, 1.165) is 28.0 Å². The second-order valence-corrected chi connectivity index (χ2v) is 4.79. The zero-order valence-electron chi connectivity index (χ0n) is 9.37. The van der Waals surface area contributed by atoms with Crippen molar-refractivity contribution in [3.05, 3.63) is 45.7 Å². The summed E-state index contributed by atoms with van der Waals surface area (Å²) in [5.41, 5.74) is 9.97. The molecule has 1 heterocycles. The molecular formula is C12H14BrN3. The van der Waals surface area contributed by atoms with Crippen LogP contribution in [0.2, 0.25) is 0 Å². The molecule has 0 saturated heterocycles. The first kappa shape index (κ1) is 11.2. The lowest BCUT2D eigenvalue weighted by atomic mass is 10.2. The molecule has 0 aliphatic rings. The van der Waals surface area contributed by atoms with E-state index in [4.69, 9.17) is 5.73 Å². The Labute approximate surface area is 103 Å². The van der Waals surface area contributed by atoms with Gasteiger partial charge in [0.2, 0.25) is 0 Å². The van der Waals surface area contributed by atoms with Crippen molar-refractivity contribution in [2.24, 2.45) is 0 Å². The van der Waals surface area contributed by atoms with Crippen LogP contribution in [0, 0.1) is 13.8 Å². The smallest absolute Gasteiger partial charge is 0.0663 e. The second-order valence-electron chi connectivity index (χ2n) is 3.94. The average Bonchev–Trinajstić information content (AvgIpc) is 2.51. The molecule has 0 unspecified atom stereocenters. The highest BCUT2D eigenvalue weighted by molar-refractivity contribution is 9.10. The van der Waals surface area contributed by atoms with E-state index >= 15 is 0 Å². The van der Waals surface area contributed by atoms with Gasteiger partial charge in [-0.2, -0.15) is 5.10 Å². The number of nitrogen functional groups attached to an aromatic ring is 1. The molecule has 2 rings (SSSR count). The van der Waals surface area contributed by atoms with Gasteiger partial charge in [-0.15, -0.1) is 0 Å². The number of benzene rings is 1. The lowest BCUT2D eigenvalue weighted by Gasteiger charge is -2.06. The third kappa shape index (κ3) is 2.27. The molecule has 2 aromatic rings. The lowest BCUT2D eigenvalue weighted by molar-refractivity contribution is 0.659. The molecule has 0 spiro atoms. The zero-order chi connectivity index (χ0) is 11.7. The van der Waals surface area contributed by atoms with Gasteiger partial charge in [-0.1, -0.05) is 6.07 Å². The summed E-state index contributed by atoms with van der Waals surface area (Å²) >= 11 is 3.39. The van der Waals surface area contributed by atoms with Gasteiger partial charge in [0.1, 0.15) is 0 Å². The summed E-state index contributed by atoms with van der Waals surface area (Å²) in [5, 5.41) is 4.42. The van der Waals surface area contributed by atoms with Crippen LogP contribution in [0.15, 0.2) is 28.7 Å². The van der Waals surface area contributed by atoms with Gasteiger partial charge in [0.05, 0.1) is 12.2 Å². The Morgan fingerprint density at radius 3 is 2.62 bits per heavy atom. The molecule has 0 aliphatic carbocycles. The van der Waals surface area contributed by atoms with E-state index in [-0.39, 0.29) is 0 Å². The number of anilines is 1. The number of nitrogens with zero attached hydrogens (tertiary/aromatic N) is 2. The number of hydrogen-bond acceptors (Lipinski definition) is 2. The number of nitrogens with two attached hydrogens (primary N) is 1. The fourth-order valence-corrected chi connectivity index (χ4v) is 1.95. The fraction of sp³-hybridized carbons (Fsp3) is 0.250. The summed E-state index contributed by atoms with van der Waals surface area (Å²) in [5.74, 6) is 0. The Kier molecular flexibility index (Phi) is 3.01. The molecular weight excluding hydrogens is 266 g/mol. The maximum atomic E-state index is 5.84. The van der Waals surface area contributed by atoms with Gasteiger partial charge in [0.25, 0.3) is 0 Å². The Bertz CT molecular complexity index is 517. The van der Waals surface area contributed by atoms with Crippen molar-refractivity contribution in [2.75, 3.05) is 5.73 Å². The molecule has 0 amide bonds. The minimum Gasteiger partial charge on any atom is -0.398 e. The van der Waals surface area contributed by atoms with E-state index in [2.05, 4.69) is 40.1 Å². The second kappa shape index (κ2) is 4.29. The first-order valence-electron chi connectivity index (χ1n) is 5.11. The quantitative estimate of drug-likeness (QED) is 0.860. The van der Waals surface area contributed by atoms with Crippen LogP contribution in [0.25, 0.3) is 0 Å². The highest BCUT2D eigenvalue weighted by Crippen LogP contribution is 2.20. The van der Waals surface area contributed by atoms with Gasteiger partial charge in [0, 0.05) is 15.9 Å². The molecule has 84 valence electrons. The normalized spacial score (nSPS) is 10.7. The highest BCUT2D eigenvalue weighted by atomic mass is 79.9. The minimum atomic E-state index is 0.761. The van der Waals surface area contributed by atoms with E-state index in [9.17, 15) is 0 Å². The van der Waals surface area contributed by atoms with E-state index in [1.807, 2.05) is 23.7 Å². The maximum Gasteiger partial charge on any atom is 0.0663 e. The Morgan fingerprint density at radius 2 is 2.06 bits per heavy atom. The summed E-state index contributed by atoms with van der Waals surface area (Å²) in [7, 11) is 0. The first-order valence-corrected chi connectivity index (χ1v) is 5.90. The summed E-state index contributed by atoms with van der Waals surface area (Å²) < 4.78 is 2.92. The molecule has 0 fully saturated rings. The van der Waals surface area contributed by atoms with E-state index in [0.29, 0.717) is 0 Å². The van der Waals surface area contributed by atoms with Crippen molar-refractivity contribution in [3.63, 3.8) is 0 Å². The van der Waals surface area contributed by atoms with Crippen molar-refractivity contribution in [1.29, 1.82) is 0 Å². The molecule has 3 nitrogen and oxygen atoms in total. The van der Waals surface area contributed by atoms with Crippen LogP contribution in [0.5, 0.6) is 0 Å². The third-order valence-electron chi connectivity index (χ3n) is 2.50. The van der Waals surface area contributed by atoms with Crippen molar-refractivity contribution in [1.82, 2.24) is 9.78 Å². The van der Waals surface area contributed by atoms with Crippen LogP contribution in [0.1, 0.15) is 17.0 Å². The van der Waals surface area contributed by atoms with Crippen molar-refractivity contribution in [2.45, 2.75) is 20.4 Å². The number of aryl methyl sites for hydroxylation is 2. The summed E-state index contributed by atoms with van der Waals surface area (Å²) in [6.45, 7) is 4.82. The van der Waals surface area contributed by atoms with Crippen LogP contribution in [0.4, 0.5) is 5.69 Å². The topological polar surface area (TPSA) is 43.8 Å². The van der Waals surface area contributed by atoms with Gasteiger partial charge in [-0.25, -0.2) is 0 Å². The molecule has 1 aromatic carbocycles. The molecule has 1 aromatic heterocycles. The molecule has 0 radical (unpaired) electrons. The molecule has 2 N–H and O–H groups in total. The van der Waals surface area contributed by atoms with E-state index < -0.39 is 0 Å². The number of aromatic nitrogens is 2. The standard InChI is InChI=1S/C12H14BrN3/c1-8-5-9(2)16(15-8)7-10-3-4-11(13)12(14)6-10/h3-6H,7,14H2,1-2H3. The monoisotopic (exact) mass is 279 g/mol. The van der Waals surface area contributed by atoms with Crippen LogP contribution >= 0.6 is 15.9 Å². The highest BCUT2D eigenvalue weighted by Gasteiger charge is 2.03. The minimum absolute atomic E-state index is 0.761. The zero-order valence-corrected chi connectivity index (χ0v) is 11.0. The predicted molar refractivity (Wildman–Crippen MR) is 69.4 cm³/mol. The van der Waals surface area contributed by atoms with Gasteiger partial charge >= 0.3 is 0 Å². The van der Waals surface area contributed by atoms with Crippen LogP contribution in [0.3, 0.4) is 0 Å². The molecule has 0 saturated carbocycles. The first-order chi connectivity index (χ1) is 7.56. The van der Waals surface area contributed by atoms with Crippen molar-refractivity contribution >= 4 is 21.6 Å². The van der Waals surface area contributed by atoms with Gasteiger partial charge in [-0.05, 0) is 53.5 Å². The van der Waals surface area contributed by atoms with Crippen LogP contribution in [-0.4, -0.2) is 9.78 Å². The fourth-order valence-electron chi connectivity index (χ4n) is 1.70. The summed E-state index contributed by atoms with van der Waals surface area (Å²) in [4.78, 5) is 0. The largest absolute Gasteiger partial charge is 0.398 e. The van der Waals surface area contributed by atoms with Gasteiger partial charge < -0.3 is 5.73 Å². The van der Waals surface area contributed by atoms with E-state index in [1.165, 1.54) is 5.69 Å². The van der Waals surface area contributed by atoms with Gasteiger partial charge in [0.15, 0.2) is 0 Å². The van der Waals surface area contributed by atoms with Crippen molar-refractivity contribution < 1.29 is 0 Å². The van der Waals surface area contributed by atoms with Gasteiger partial charge in [-0.3, -0.25) is 4.68 Å². The predicted octanol–water partition coefficient (Wildman–Crippen LogP) is 2.89. The molecule has 4 heteroatoms.